The zero-order valence-electron chi connectivity index (χ0n) is 13.2. The van der Waals surface area contributed by atoms with Crippen molar-refractivity contribution in [2.45, 2.75) is 38.6 Å². The molecule has 1 aliphatic heterocycles. The fraction of sp³-hybridized carbons (Fsp3) is 0.529. The molecule has 126 valence electrons. The summed E-state index contributed by atoms with van der Waals surface area (Å²) in [6.45, 7) is 3.55. The Morgan fingerprint density at radius 2 is 2.00 bits per heavy atom. The number of carbonyl (C=O) groups is 2. The van der Waals surface area contributed by atoms with E-state index in [1.807, 2.05) is 37.3 Å². The highest BCUT2D eigenvalue weighted by atomic mass is 16.5. The minimum atomic E-state index is -1.01. The normalized spacial score (nSPS) is 21.8. The van der Waals surface area contributed by atoms with E-state index in [2.05, 4.69) is 5.32 Å². The fourth-order valence-electron chi connectivity index (χ4n) is 2.41. The zero-order valence-corrected chi connectivity index (χ0v) is 13.2. The van der Waals surface area contributed by atoms with E-state index in [1.165, 1.54) is 0 Å². The van der Waals surface area contributed by atoms with Crippen molar-refractivity contribution in [2.75, 3.05) is 13.2 Å². The summed E-state index contributed by atoms with van der Waals surface area (Å²) in [4.78, 5) is 22.7. The van der Waals surface area contributed by atoms with E-state index in [9.17, 15) is 9.59 Å². The summed E-state index contributed by atoms with van der Waals surface area (Å²) in [6.07, 6.45) is -0.698. The Hall–Kier alpha value is -1.92. The highest BCUT2D eigenvalue weighted by molar-refractivity contribution is 5.82. The maximum Gasteiger partial charge on any atom is 0.332 e. The smallest absolute Gasteiger partial charge is 0.332 e. The fourth-order valence-corrected chi connectivity index (χ4v) is 2.41. The van der Waals surface area contributed by atoms with Crippen LogP contribution in [0.3, 0.4) is 0 Å². The number of aliphatic carboxylic acids is 1. The lowest BCUT2D eigenvalue weighted by Gasteiger charge is -2.16. The molecule has 1 fully saturated rings. The Morgan fingerprint density at radius 3 is 2.65 bits per heavy atom. The molecule has 6 heteroatoms. The van der Waals surface area contributed by atoms with Crippen molar-refractivity contribution in [3.05, 3.63) is 35.9 Å². The van der Waals surface area contributed by atoms with Gasteiger partial charge in [-0.25, -0.2) is 4.79 Å². The predicted octanol–water partition coefficient (Wildman–Crippen LogP) is 1.59. The third-order valence-electron chi connectivity index (χ3n) is 3.73. The molecule has 1 aliphatic rings. The molecule has 3 atom stereocenters. The summed E-state index contributed by atoms with van der Waals surface area (Å²) in [6, 6.07) is 9.90. The van der Waals surface area contributed by atoms with E-state index in [-0.39, 0.29) is 11.8 Å². The Morgan fingerprint density at radius 1 is 1.30 bits per heavy atom. The van der Waals surface area contributed by atoms with E-state index in [0.717, 1.165) is 5.56 Å². The molecule has 0 radical (unpaired) electrons. The largest absolute Gasteiger partial charge is 0.479 e. The number of nitrogens with one attached hydrogen (secondary N) is 1. The van der Waals surface area contributed by atoms with E-state index < -0.39 is 18.2 Å². The van der Waals surface area contributed by atoms with Crippen LogP contribution in [-0.4, -0.2) is 42.3 Å². The van der Waals surface area contributed by atoms with Gasteiger partial charge in [-0.05, 0) is 24.3 Å². The van der Waals surface area contributed by atoms with Crippen LogP contribution in [0.2, 0.25) is 0 Å². The average Bonchev–Trinajstić information content (AvgIpc) is 3.04. The first kappa shape index (κ1) is 17.4. The molecule has 23 heavy (non-hydrogen) atoms. The van der Waals surface area contributed by atoms with Gasteiger partial charge in [0.25, 0.3) is 0 Å². The molecule has 1 aromatic carbocycles. The second-order valence-corrected chi connectivity index (χ2v) is 5.88. The van der Waals surface area contributed by atoms with Crippen molar-refractivity contribution in [1.82, 2.24) is 5.32 Å². The first-order valence-electron chi connectivity index (χ1n) is 7.84. The molecule has 1 amide bonds. The molecule has 1 unspecified atom stereocenters. The van der Waals surface area contributed by atoms with Crippen LogP contribution < -0.4 is 5.32 Å². The standard InChI is InChI=1S/C17H23NO5/c1-12(10-22-11-13-5-3-2-4-6-13)9-18-16(19)14-7-8-15(23-14)17(20)21/h2-6,12,14-15H,7-11H2,1H3,(H,18,19)(H,20,21)/t12?,14-,15+/m0/s1. The lowest BCUT2D eigenvalue weighted by Crippen LogP contribution is -2.38. The van der Waals surface area contributed by atoms with Crippen LogP contribution in [0.15, 0.2) is 30.3 Å². The minimum absolute atomic E-state index is 0.166. The Bertz CT molecular complexity index is 519. The molecular formula is C17H23NO5. The molecule has 0 bridgehead atoms. The monoisotopic (exact) mass is 321 g/mol. The third kappa shape index (κ3) is 5.65. The average molecular weight is 321 g/mol. The van der Waals surface area contributed by atoms with Gasteiger partial charge in [0, 0.05) is 6.54 Å². The quantitative estimate of drug-likeness (QED) is 0.759. The van der Waals surface area contributed by atoms with Crippen LogP contribution in [-0.2, 0) is 25.7 Å². The molecule has 0 saturated carbocycles. The van der Waals surface area contributed by atoms with Crippen molar-refractivity contribution < 1.29 is 24.2 Å². The van der Waals surface area contributed by atoms with Crippen molar-refractivity contribution in [2.24, 2.45) is 5.92 Å². The van der Waals surface area contributed by atoms with Gasteiger partial charge < -0.3 is 19.9 Å². The van der Waals surface area contributed by atoms with Crippen LogP contribution in [0.25, 0.3) is 0 Å². The lowest BCUT2D eigenvalue weighted by molar-refractivity contribution is -0.151. The molecular weight excluding hydrogens is 298 g/mol. The van der Waals surface area contributed by atoms with E-state index in [0.29, 0.717) is 32.6 Å². The van der Waals surface area contributed by atoms with E-state index in [1.54, 1.807) is 0 Å². The number of ether oxygens (including phenoxy) is 2. The molecule has 0 spiro atoms. The summed E-state index contributed by atoms with van der Waals surface area (Å²) in [5, 5.41) is 11.6. The SMILES string of the molecule is CC(CNC(=O)[C@@H]1CC[C@H](C(=O)O)O1)COCc1ccccc1. The molecule has 6 nitrogen and oxygen atoms in total. The minimum Gasteiger partial charge on any atom is -0.479 e. The van der Waals surface area contributed by atoms with Gasteiger partial charge in [0.2, 0.25) is 5.91 Å². The number of carboxylic acid groups (broad SMARTS) is 1. The number of rotatable bonds is 8. The van der Waals surface area contributed by atoms with Crippen LogP contribution in [0.1, 0.15) is 25.3 Å². The highest BCUT2D eigenvalue weighted by Crippen LogP contribution is 2.19. The Labute approximate surface area is 135 Å². The van der Waals surface area contributed by atoms with Gasteiger partial charge >= 0.3 is 5.97 Å². The van der Waals surface area contributed by atoms with Crippen molar-refractivity contribution >= 4 is 11.9 Å². The molecule has 0 aliphatic carbocycles. The van der Waals surface area contributed by atoms with Crippen LogP contribution >= 0.6 is 0 Å². The molecule has 2 N–H and O–H groups in total. The van der Waals surface area contributed by atoms with Gasteiger partial charge in [0.05, 0.1) is 13.2 Å². The summed E-state index contributed by atoms with van der Waals surface area (Å²) >= 11 is 0. The van der Waals surface area contributed by atoms with Crippen molar-refractivity contribution in [3.63, 3.8) is 0 Å². The maximum absolute atomic E-state index is 11.9. The number of benzene rings is 1. The summed E-state index contributed by atoms with van der Waals surface area (Å²) in [5.41, 5.74) is 1.11. The maximum atomic E-state index is 11.9. The molecule has 1 saturated heterocycles. The number of hydrogen-bond acceptors (Lipinski definition) is 4. The summed E-state index contributed by atoms with van der Waals surface area (Å²) in [7, 11) is 0. The first-order chi connectivity index (χ1) is 11.1. The van der Waals surface area contributed by atoms with Crippen molar-refractivity contribution in [3.8, 4) is 0 Å². The van der Waals surface area contributed by atoms with Crippen LogP contribution in [0, 0.1) is 5.92 Å². The predicted molar refractivity (Wildman–Crippen MR) is 83.8 cm³/mol. The number of carboxylic acids is 1. The Balaban J connectivity index is 1.61. The summed E-state index contributed by atoms with van der Waals surface area (Å²) in [5.74, 6) is -1.09. The Kier molecular flexibility index (Phi) is 6.55. The van der Waals surface area contributed by atoms with Gasteiger partial charge in [0.15, 0.2) is 6.10 Å². The van der Waals surface area contributed by atoms with Crippen molar-refractivity contribution in [1.29, 1.82) is 0 Å². The van der Waals surface area contributed by atoms with Gasteiger partial charge in [-0.1, -0.05) is 37.3 Å². The van der Waals surface area contributed by atoms with Crippen LogP contribution in [0.5, 0.6) is 0 Å². The zero-order chi connectivity index (χ0) is 16.7. The highest BCUT2D eigenvalue weighted by Gasteiger charge is 2.34. The van der Waals surface area contributed by atoms with Gasteiger partial charge in [-0.2, -0.15) is 0 Å². The third-order valence-corrected chi connectivity index (χ3v) is 3.73. The molecule has 1 aromatic rings. The molecule has 0 aromatic heterocycles. The van der Waals surface area contributed by atoms with Gasteiger partial charge in [-0.15, -0.1) is 0 Å². The second kappa shape index (κ2) is 8.64. The number of carbonyl (C=O) groups excluding carboxylic acids is 1. The molecule has 1 heterocycles. The second-order valence-electron chi connectivity index (χ2n) is 5.88. The van der Waals surface area contributed by atoms with E-state index in [4.69, 9.17) is 14.6 Å². The molecule has 2 rings (SSSR count). The topological polar surface area (TPSA) is 84.9 Å². The number of amides is 1. The van der Waals surface area contributed by atoms with Crippen LogP contribution in [0.4, 0.5) is 0 Å². The van der Waals surface area contributed by atoms with E-state index >= 15 is 0 Å². The van der Waals surface area contributed by atoms with Gasteiger partial charge in [0.1, 0.15) is 6.10 Å². The number of hydrogen-bond donors (Lipinski definition) is 2. The lowest BCUT2D eigenvalue weighted by atomic mass is 10.1. The first-order valence-corrected chi connectivity index (χ1v) is 7.84. The van der Waals surface area contributed by atoms with Gasteiger partial charge in [-0.3, -0.25) is 4.79 Å². The summed E-state index contributed by atoms with van der Waals surface area (Å²) < 4.78 is 10.8.